The van der Waals surface area contributed by atoms with Crippen LogP contribution < -0.4 is 0 Å². The Balaban J connectivity index is 1.51. The Hall–Kier alpha value is -4.06. The Morgan fingerprint density at radius 3 is 2.69 bits per heavy atom. The third-order valence-corrected chi connectivity index (χ3v) is 4.35. The molecule has 0 fully saturated rings. The normalized spacial score (nSPS) is 11.6. The van der Waals surface area contributed by atoms with Gasteiger partial charge in [-0.2, -0.15) is 0 Å². The highest BCUT2D eigenvalue weighted by Crippen LogP contribution is 2.27. The predicted molar refractivity (Wildman–Crippen MR) is 114 cm³/mol. The Morgan fingerprint density at radius 2 is 1.90 bits per heavy atom. The molecular formula is C23H17N3O3. The molecule has 0 spiro atoms. The lowest BCUT2D eigenvalue weighted by Gasteiger charge is -1.95. The van der Waals surface area contributed by atoms with E-state index in [-0.39, 0.29) is 5.69 Å². The van der Waals surface area contributed by atoms with E-state index >= 15 is 0 Å². The van der Waals surface area contributed by atoms with Crippen molar-refractivity contribution in [1.82, 2.24) is 4.98 Å². The molecule has 0 atom stereocenters. The first-order valence-electron chi connectivity index (χ1n) is 9.01. The van der Waals surface area contributed by atoms with Crippen LogP contribution in [0.3, 0.4) is 0 Å². The number of hydrogen-bond donors (Lipinski definition) is 0. The van der Waals surface area contributed by atoms with E-state index in [1.807, 2.05) is 49.4 Å². The molecule has 3 aromatic carbocycles. The van der Waals surface area contributed by atoms with Crippen LogP contribution in [0.5, 0.6) is 0 Å². The number of aryl methyl sites for hydroxylation is 1. The Morgan fingerprint density at radius 1 is 1.07 bits per heavy atom. The minimum Gasteiger partial charge on any atom is -0.436 e. The van der Waals surface area contributed by atoms with Gasteiger partial charge in [0.25, 0.3) is 5.69 Å². The van der Waals surface area contributed by atoms with Crippen LogP contribution in [0.15, 0.2) is 82.2 Å². The van der Waals surface area contributed by atoms with E-state index in [4.69, 9.17) is 4.42 Å². The van der Waals surface area contributed by atoms with Crippen LogP contribution in [-0.4, -0.2) is 16.1 Å². The number of hydrogen-bond acceptors (Lipinski definition) is 5. The molecule has 0 unspecified atom stereocenters. The second kappa shape index (κ2) is 7.90. The van der Waals surface area contributed by atoms with Gasteiger partial charge in [0.05, 0.1) is 10.6 Å². The molecule has 6 nitrogen and oxygen atoms in total. The predicted octanol–water partition coefficient (Wildman–Crippen LogP) is 6.13. The van der Waals surface area contributed by atoms with Crippen molar-refractivity contribution in [2.75, 3.05) is 0 Å². The number of allylic oxidation sites excluding steroid dienone is 1. The molecule has 0 aliphatic heterocycles. The van der Waals surface area contributed by atoms with Gasteiger partial charge < -0.3 is 4.42 Å². The molecule has 1 heterocycles. The van der Waals surface area contributed by atoms with Gasteiger partial charge in [-0.3, -0.25) is 15.1 Å². The highest BCUT2D eigenvalue weighted by Gasteiger charge is 2.08. The van der Waals surface area contributed by atoms with Crippen LogP contribution >= 0.6 is 0 Å². The fraction of sp³-hybridized carbons (Fsp3) is 0.0435. The van der Waals surface area contributed by atoms with Crippen LogP contribution in [0.2, 0.25) is 0 Å². The van der Waals surface area contributed by atoms with E-state index in [2.05, 4.69) is 9.98 Å². The first-order chi connectivity index (χ1) is 14.1. The van der Waals surface area contributed by atoms with Crippen LogP contribution in [0, 0.1) is 17.0 Å². The van der Waals surface area contributed by atoms with Gasteiger partial charge in [-0.25, -0.2) is 4.98 Å². The van der Waals surface area contributed by atoms with Crippen LogP contribution in [-0.2, 0) is 0 Å². The fourth-order valence-corrected chi connectivity index (χ4v) is 2.84. The van der Waals surface area contributed by atoms with Crippen LogP contribution in [0.4, 0.5) is 11.4 Å². The largest absolute Gasteiger partial charge is 0.436 e. The summed E-state index contributed by atoms with van der Waals surface area (Å²) in [6, 6.07) is 20.0. The third kappa shape index (κ3) is 4.27. The zero-order valence-electron chi connectivity index (χ0n) is 15.6. The van der Waals surface area contributed by atoms with Crippen molar-refractivity contribution in [3.05, 3.63) is 94.0 Å². The molecule has 0 radical (unpaired) electrons. The summed E-state index contributed by atoms with van der Waals surface area (Å²) in [7, 11) is 0. The number of nitrogens with zero attached hydrogens (tertiary/aromatic N) is 3. The molecule has 0 amide bonds. The number of rotatable bonds is 5. The van der Waals surface area contributed by atoms with E-state index < -0.39 is 4.92 Å². The lowest BCUT2D eigenvalue weighted by atomic mass is 10.1. The highest BCUT2D eigenvalue weighted by molar-refractivity contribution is 5.84. The molecular weight excluding hydrogens is 366 g/mol. The quantitative estimate of drug-likeness (QED) is 0.236. The third-order valence-electron chi connectivity index (χ3n) is 4.35. The summed E-state index contributed by atoms with van der Waals surface area (Å²) in [4.78, 5) is 19.4. The highest BCUT2D eigenvalue weighted by atomic mass is 16.6. The van der Waals surface area contributed by atoms with E-state index in [1.54, 1.807) is 30.5 Å². The average molecular weight is 383 g/mol. The maximum atomic E-state index is 10.8. The average Bonchev–Trinajstić information content (AvgIpc) is 3.15. The molecule has 142 valence electrons. The maximum Gasteiger partial charge on any atom is 0.270 e. The van der Waals surface area contributed by atoms with Gasteiger partial charge in [0.1, 0.15) is 5.52 Å². The van der Waals surface area contributed by atoms with Gasteiger partial charge in [0.2, 0.25) is 5.89 Å². The van der Waals surface area contributed by atoms with Crippen molar-refractivity contribution in [1.29, 1.82) is 0 Å². The lowest BCUT2D eigenvalue weighted by Crippen LogP contribution is -1.87. The molecule has 0 saturated heterocycles. The molecule has 0 aliphatic carbocycles. The van der Waals surface area contributed by atoms with Crippen LogP contribution in [0.1, 0.15) is 11.1 Å². The van der Waals surface area contributed by atoms with Crippen molar-refractivity contribution in [3.8, 4) is 11.5 Å². The van der Waals surface area contributed by atoms with Crippen LogP contribution in [0.25, 0.3) is 28.6 Å². The molecule has 0 bridgehead atoms. The maximum absolute atomic E-state index is 10.8. The van der Waals surface area contributed by atoms with Gasteiger partial charge >= 0.3 is 0 Å². The molecule has 0 aliphatic rings. The SMILES string of the molecule is Cc1ccc(-c2nc3cc(N=CC=Cc4cccc([N+](=O)[O-])c4)ccc3o2)cc1. The number of aliphatic imine (C=N–C) groups is 1. The Kier molecular flexibility index (Phi) is 4.99. The molecule has 0 saturated carbocycles. The van der Waals surface area contributed by atoms with Gasteiger partial charge in [-0.1, -0.05) is 35.9 Å². The summed E-state index contributed by atoms with van der Waals surface area (Å²) in [5.74, 6) is 0.576. The summed E-state index contributed by atoms with van der Waals surface area (Å²) in [6.07, 6.45) is 5.14. The van der Waals surface area contributed by atoms with Crippen molar-refractivity contribution < 1.29 is 9.34 Å². The lowest BCUT2D eigenvalue weighted by molar-refractivity contribution is -0.384. The summed E-state index contributed by atoms with van der Waals surface area (Å²) in [5.41, 5.74) is 5.08. The van der Waals surface area contributed by atoms with E-state index in [0.717, 1.165) is 22.3 Å². The molecule has 4 aromatic rings. The number of non-ortho nitro benzene ring substituents is 1. The van der Waals surface area contributed by atoms with Gasteiger partial charge in [0.15, 0.2) is 5.58 Å². The number of nitro benzene ring substituents is 1. The van der Waals surface area contributed by atoms with Crippen molar-refractivity contribution in [3.63, 3.8) is 0 Å². The second-order valence-corrected chi connectivity index (χ2v) is 6.53. The van der Waals surface area contributed by atoms with Gasteiger partial charge in [-0.15, -0.1) is 0 Å². The topological polar surface area (TPSA) is 81.5 Å². The standard InChI is InChI=1S/C23H17N3O3/c1-16-7-9-18(10-8-16)23-25-21-15-19(11-12-22(21)29-23)24-13-3-5-17-4-2-6-20(14-17)26(27)28/h2-15H,1H3. The fourth-order valence-electron chi connectivity index (χ4n) is 2.84. The molecule has 6 heteroatoms. The number of fused-ring (bicyclic) bond motifs is 1. The summed E-state index contributed by atoms with van der Waals surface area (Å²) >= 11 is 0. The molecule has 1 aromatic heterocycles. The molecule has 0 N–H and O–H groups in total. The van der Waals surface area contributed by atoms with E-state index in [0.29, 0.717) is 11.5 Å². The summed E-state index contributed by atoms with van der Waals surface area (Å²) in [6.45, 7) is 2.04. The van der Waals surface area contributed by atoms with Gasteiger partial charge in [-0.05, 0) is 48.9 Å². The monoisotopic (exact) mass is 383 g/mol. The Labute approximate surface area is 167 Å². The number of aromatic nitrogens is 1. The van der Waals surface area contributed by atoms with E-state index in [9.17, 15) is 10.1 Å². The smallest absolute Gasteiger partial charge is 0.270 e. The summed E-state index contributed by atoms with van der Waals surface area (Å²) < 4.78 is 5.83. The molecule has 29 heavy (non-hydrogen) atoms. The number of benzene rings is 3. The minimum atomic E-state index is -0.413. The summed E-state index contributed by atoms with van der Waals surface area (Å²) in [5, 5.41) is 10.8. The van der Waals surface area contributed by atoms with Crippen molar-refractivity contribution in [2.45, 2.75) is 6.92 Å². The first-order valence-corrected chi connectivity index (χ1v) is 9.01. The second-order valence-electron chi connectivity index (χ2n) is 6.53. The number of oxazole rings is 1. The van der Waals surface area contributed by atoms with Crippen molar-refractivity contribution in [2.24, 2.45) is 4.99 Å². The zero-order valence-corrected chi connectivity index (χ0v) is 15.6. The zero-order chi connectivity index (χ0) is 20.2. The Bertz CT molecular complexity index is 1240. The van der Waals surface area contributed by atoms with Crippen molar-refractivity contribution >= 4 is 34.8 Å². The molecule has 4 rings (SSSR count). The van der Waals surface area contributed by atoms with Gasteiger partial charge in [0, 0.05) is 23.9 Å². The first kappa shape index (κ1) is 18.3. The minimum absolute atomic E-state index is 0.0601. The number of nitro groups is 1. The van der Waals surface area contributed by atoms with E-state index in [1.165, 1.54) is 17.7 Å².